The maximum atomic E-state index is 12.6. The summed E-state index contributed by atoms with van der Waals surface area (Å²) < 4.78 is 4.95. The van der Waals surface area contributed by atoms with Crippen LogP contribution < -0.4 is 0 Å². The van der Waals surface area contributed by atoms with E-state index in [9.17, 15) is 9.59 Å². The first-order chi connectivity index (χ1) is 9.54. The van der Waals surface area contributed by atoms with Gasteiger partial charge in [0.1, 0.15) is 0 Å². The van der Waals surface area contributed by atoms with Gasteiger partial charge < -0.3 is 9.64 Å². The quantitative estimate of drug-likeness (QED) is 0.675. The molecule has 4 heteroatoms. The van der Waals surface area contributed by atoms with Crippen molar-refractivity contribution in [2.45, 2.75) is 59.3 Å². The van der Waals surface area contributed by atoms with Crippen LogP contribution in [0.3, 0.4) is 0 Å². The van der Waals surface area contributed by atoms with E-state index >= 15 is 0 Å². The highest BCUT2D eigenvalue weighted by Crippen LogP contribution is 2.25. The van der Waals surface area contributed by atoms with Gasteiger partial charge in [0.2, 0.25) is 5.91 Å². The smallest absolute Gasteiger partial charge is 0.307 e. The lowest BCUT2D eigenvalue weighted by atomic mass is 9.88. The van der Waals surface area contributed by atoms with Gasteiger partial charge in [-0.2, -0.15) is 0 Å². The summed E-state index contributed by atoms with van der Waals surface area (Å²) in [5, 5.41) is 0. The molecular formula is C16H29NO3. The molecule has 0 N–H and O–H groups in total. The summed E-state index contributed by atoms with van der Waals surface area (Å²) in [6.45, 7) is 7.63. The molecule has 20 heavy (non-hydrogen) atoms. The lowest BCUT2D eigenvalue weighted by Crippen LogP contribution is -2.40. The van der Waals surface area contributed by atoms with Crippen LogP contribution >= 0.6 is 0 Å². The van der Waals surface area contributed by atoms with E-state index in [1.54, 1.807) is 6.92 Å². The molecule has 0 heterocycles. The average Bonchev–Trinajstić information content (AvgIpc) is 2.43. The highest BCUT2D eigenvalue weighted by molar-refractivity contribution is 5.79. The molecule has 0 saturated heterocycles. The predicted octanol–water partition coefficient (Wildman–Crippen LogP) is 3.00. The number of hydrogen-bond donors (Lipinski definition) is 0. The zero-order chi connectivity index (χ0) is 15.0. The van der Waals surface area contributed by atoms with Gasteiger partial charge in [0.25, 0.3) is 0 Å². The Labute approximate surface area is 122 Å². The second kappa shape index (κ2) is 8.98. The van der Waals surface area contributed by atoms with Crippen molar-refractivity contribution in [3.05, 3.63) is 0 Å². The first kappa shape index (κ1) is 17.0. The lowest BCUT2D eigenvalue weighted by molar-refractivity contribution is -0.144. The fourth-order valence-corrected chi connectivity index (χ4v) is 2.80. The first-order valence-electron chi connectivity index (χ1n) is 7.99. The number of carbonyl (C=O) groups is 2. The highest BCUT2D eigenvalue weighted by Gasteiger charge is 2.26. The molecule has 1 saturated carbocycles. The third-order valence-electron chi connectivity index (χ3n) is 3.74. The van der Waals surface area contributed by atoms with Crippen LogP contribution in [0.2, 0.25) is 0 Å². The van der Waals surface area contributed by atoms with Crippen molar-refractivity contribution in [3.63, 3.8) is 0 Å². The second-order valence-electron chi connectivity index (χ2n) is 6.07. The molecule has 0 aliphatic heterocycles. The number of esters is 1. The van der Waals surface area contributed by atoms with Crippen LogP contribution in [0.5, 0.6) is 0 Å². The number of hydrogen-bond acceptors (Lipinski definition) is 3. The van der Waals surface area contributed by atoms with Crippen molar-refractivity contribution in [2.75, 3.05) is 19.7 Å². The van der Waals surface area contributed by atoms with E-state index < -0.39 is 0 Å². The third kappa shape index (κ3) is 5.93. The van der Waals surface area contributed by atoms with Crippen molar-refractivity contribution in [1.29, 1.82) is 0 Å². The van der Waals surface area contributed by atoms with Gasteiger partial charge in [-0.25, -0.2) is 0 Å². The second-order valence-corrected chi connectivity index (χ2v) is 6.07. The van der Waals surface area contributed by atoms with Crippen LogP contribution in [0.4, 0.5) is 0 Å². The monoisotopic (exact) mass is 283 g/mol. The summed E-state index contributed by atoms with van der Waals surface area (Å²) in [5.41, 5.74) is 0. The van der Waals surface area contributed by atoms with Crippen LogP contribution in [-0.4, -0.2) is 36.5 Å². The van der Waals surface area contributed by atoms with Crippen LogP contribution in [0.15, 0.2) is 0 Å². The predicted molar refractivity (Wildman–Crippen MR) is 79.2 cm³/mol. The highest BCUT2D eigenvalue weighted by atomic mass is 16.5. The molecule has 0 aromatic rings. The number of amides is 1. The number of carbonyl (C=O) groups excluding carboxylic acids is 2. The molecule has 1 fully saturated rings. The Hall–Kier alpha value is -1.06. The zero-order valence-electron chi connectivity index (χ0n) is 13.2. The summed E-state index contributed by atoms with van der Waals surface area (Å²) in [6.07, 6.45) is 5.88. The van der Waals surface area contributed by atoms with Crippen molar-refractivity contribution in [1.82, 2.24) is 4.90 Å². The average molecular weight is 283 g/mol. The van der Waals surface area contributed by atoms with Crippen LogP contribution in [0.1, 0.15) is 59.3 Å². The summed E-state index contributed by atoms with van der Waals surface area (Å²) >= 11 is 0. The number of nitrogens with zero attached hydrogens (tertiary/aromatic N) is 1. The van der Waals surface area contributed by atoms with Gasteiger partial charge in [-0.15, -0.1) is 0 Å². The number of ether oxygens (including phenoxy) is 1. The van der Waals surface area contributed by atoms with Crippen LogP contribution in [-0.2, 0) is 14.3 Å². The molecule has 1 aliphatic rings. The molecule has 1 aliphatic carbocycles. The van der Waals surface area contributed by atoms with Gasteiger partial charge >= 0.3 is 5.97 Å². The van der Waals surface area contributed by atoms with Crippen molar-refractivity contribution in [3.8, 4) is 0 Å². The van der Waals surface area contributed by atoms with E-state index in [4.69, 9.17) is 4.74 Å². The Morgan fingerprint density at radius 1 is 1.20 bits per heavy atom. The van der Waals surface area contributed by atoms with E-state index in [0.717, 1.165) is 32.2 Å². The minimum atomic E-state index is -0.210. The van der Waals surface area contributed by atoms with E-state index in [2.05, 4.69) is 13.8 Å². The fourth-order valence-electron chi connectivity index (χ4n) is 2.80. The summed E-state index contributed by atoms with van der Waals surface area (Å²) in [5.74, 6) is 0.620. The van der Waals surface area contributed by atoms with Gasteiger partial charge in [-0.3, -0.25) is 9.59 Å². The van der Waals surface area contributed by atoms with Gasteiger partial charge in [0, 0.05) is 19.0 Å². The Balaban J connectivity index is 2.53. The van der Waals surface area contributed by atoms with Gasteiger partial charge in [0.05, 0.1) is 13.0 Å². The minimum Gasteiger partial charge on any atom is -0.466 e. The van der Waals surface area contributed by atoms with Crippen LogP contribution in [0.25, 0.3) is 0 Å². The van der Waals surface area contributed by atoms with Crippen LogP contribution in [0, 0.1) is 11.8 Å². The summed E-state index contributed by atoms with van der Waals surface area (Å²) in [6, 6.07) is 0. The maximum absolute atomic E-state index is 12.6. The molecule has 0 bridgehead atoms. The first-order valence-corrected chi connectivity index (χ1v) is 7.99. The molecule has 0 radical (unpaired) electrons. The minimum absolute atomic E-state index is 0.171. The molecule has 0 atom stereocenters. The Morgan fingerprint density at radius 2 is 1.85 bits per heavy atom. The van der Waals surface area contributed by atoms with Gasteiger partial charge in [-0.1, -0.05) is 33.1 Å². The summed E-state index contributed by atoms with van der Waals surface area (Å²) in [7, 11) is 0. The topological polar surface area (TPSA) is 46.6 Å². The normalized spacial score (nSPS) is 16.2. The third-order valence-corrected chi connectivity index (χ3v) is 3.74. The van der Waals surface area contributed by atoms with E-state index in [1.807, 2.05) is 4.90 Å². The molecule has 1 amide bonds. The number of rotatable bonds is 7. The maximum Gasteiger partial charge on any atom is 0.307 e. The SMILES string of the molecule is CCOC(=O)CCN(CC(C)C)C(=O)C1CCCCC1. The molecular weight excluding hydrogens is 254 g/mol. The Bertz CT molecular complexity index is 309. The van der Waals surface area contributed by atoms with E-state index in [-0.39, 0.29) is 17.8 Å². The van der Waals surface area contributed by atoms with Crippen molar-refractivity contribution < 1.29 is 14.3 Å². The lowest BCUT2D eigenvalue weighted by Gasteiger charge is -2.30. The van der Waals surface area contributed by atoms with Gasteiger partial charge in [0.15, 0.2) is 0 Å². The Kier molecular flexibility index (Phi) is 7.63. The molecule has 0 unspecified atom stereocenters. The summed E-state index contributed by atoms with van der Waals surface area (Å²) in [4.78, 5) is 25.9. The standard InChI is InChI=1S/C16H29NO3/c1-4-20-15(18)10-11-17(12-13(2)3)16(19)14-8-6-5-7-9-14/h13-14H,4-12H2,1-3H3. The zero-order valence-corrected chi connectivity index (χ0v) is 13.2. The van der Waals surface area contributed by atoms with Crippen molar-refractivity contribution in [2.24, 2.45) is 11.8 Å². The molecule has 0 aromatic heterocycles. The van der Waals surface area contributed by atoms with E-state index in [1.165, 1.54) is 6.42 Å². The van der Waals surface area contributed by atoms with Gasteiger partial charge in [-0.05, 0) is 25.7 Å². The Morgan fingerprint density at radius 3 is 2.40 bits per heavy atom. The molecule has 0 spiro atoms. The molecule has 0 aromatic carbocycles. The van der Waals surface area contributed by atoms with E-state index in [0.29, 0.717) is 25.5 Å². The largest absolute Gasteiger partial charge is 0.466 e. The molecule has 4 nitrogen and oxygen atoms in total. The fraction of sp³-hybridized carbons (Fsp3) is 0.875. The van der Waals surface area contributed by atoms with Crippen molar-refractivity contribution >= 4 is 11.9 Å². The molecule has 1 rings (SSSR count). The molecule has 116 valence electrons.